The number of ether oxygens (including phenoxy) is 1. The SMILES string of the molecule is CN(CCc1cc(Oc2c(Cl)cc(-n3ncc(=O)[nH]c3=O)cc2Cl)ccc1C=O)c1ccncc1. The Morgan fingerprint density at radius 3 is 2.46 bits per heavy atom. The van der Waals surface area contributed by atoms with Gasteiger partial charge < -0.3 is 9.64 Å². The minimum atomic E-state index is -0.732. The lowest BCUT2D eigenvalue weighted by Crippen LogP contribution is -2.30. The Morgan fingerprint density at radius 1 is 1.09 bits per heavy atom. The van der Waals surface area contributed by atoms with Crippen molar-refractivity contribution in [2.75, 3.05) is 18.5 Å². The molecule has 0 fully saturated rings. The van der Waals surface area contributed by atoms with Crippen LogP contribution in [-0.4, -0.2) is 39.6 Å². The van der Waals surface area contributed by atoms with Gasteiger partial charge in [-0.1, -0.05) is 23.2 Å². The first-order valence-electron chi connectivity index (χ1n) is 10.4. The average molecular weight is 512 g/mol. The highest BCUT2D eigenvalue weighted by Crippen LogP contribution is 2.38. The number of rotatable bonds is 8. The molecule has 9 nitrogen and oxygen atoms in total. The predicted octanol–water partition coefficient (Wildman–Crippen LogP) is 3.91. The van der Waals surface area contributed by atoms with Crippen molar-refractivity contribution in [1.29, 1.82) is 0 Å². The molecular formula is C24H19Cl2N5O4. The third-order valence-electron chi connectivity index (χ3n) is 5.22. The van der Waals surface area contributed by atoms with Gasteiger partial charge in [0.2, 0.25) is 0 Å². The summed E-state index contributed by atoms with van der Waals surface area (Å²) in [6.07, 6.45) is 5.80. The molecule has 2 aromatic carbocycles. The van der Waals surface area contributed by atoms with Crippen molar-refractivity contribution < 1.29 is 9.53 Å². The highest BCUT2D eigenvalue weighted by molar-refractivity contribution is 6.37. The van der Waals surface area contributed by atoms with Crippen LogP contribution in [0.15, 0.2) is 70.6 Å². The van der Waals surface area contributed by atoms with Crippen molar-refractivity contribution in [2.45, 2.75) is 6.42 Å². The Morgan fingerprint density at radius 2 is 1.80 bits per heavy atom. The van der Waals surface area contributed by atoms with Crippen molar-refractivity contribution in [3.05, 3.63) is 103 Å². The molecule has 35 heavy (non-hydrogen) atoms. The van der Waals surface area contributed by atoms with Gasteiger partial charge in [-0.05, 0) is 54.4 Å². The second-order valence-corrected chi connectivity index (χ2v) is 8.36. The van der Waals surface area contributed by atoms with Crippen molar-refractivity contribution in [3.63, 3.8) is 0 Å². The predicted molar refractivity (Wildman–Crippen MR) is 134 cm³/mol. The van der Waals surface area contributed by atoms with Crippen LogP contribution in [0.5, 0.6) is 11.5 Å². The topological polar surface area (TPSA) is 110 Å². The maximum atomic E-state index is 12.0. The quantitative estimate of drug-likeness (QED) is 0.357. The van der Waals surface area contributed by atoms with Gasteiger partial charge in [0.15, 0.2) is 5.75 Å². The van der Waals surface area contributed by atoms with Crippen LogP contribution in [0.2, 0.25) is 10.0 Å². The number of carbonyl (C=O) groups excluding carboxylic acids is 1. The average Bonchev–Trinajstić information content (AvgIpc) is 2.85. The van der Waals surface area contributed by atoms with Gasteiger partial charge >= 0.3 is 5.69 Å². The zero-order chi connectivity index (χ0) is 24.9. The Labute approximate surface area is 209 Å². The molecule has 1 N–H and O–H groups in total. The number of nitrogens with one attached hydrogen (secondary N) is 1. The van der Waals surface area contributed by atoms with Crippen molar-refractivity contribution in [1.82, 2.24) is 19.7 Å². The Balaban J connectivity index is 1.57. The second-order valence-electron chi connectivity index (χ2n) is 7.55. The van der Waals surface area contributed by atoms with Gasteiger partial charge in [-0.15, -0.1) is 0 Å². The van der Waals surface area contributed by atoms with Crippen LogP contribution in [0.4, 0.5) is 5.69 Å². The molecule has 0 aliphatic heterocycles. The molecule has 0 aliphatic rings. The molecule has 0 aliphatic carbocycles. The number of anilines is 1. The van der Waals surface area contributed by atoms with Gasteiger partial charge in [0, 0.05) is 37.2 Å². The number of pyridine rings is 1. The molecule has 4 rings (SSSR count). The van der Waals surface area contributed by atoms with Gasteiger partial charge in [0.25, 0.3) is 5.56 Å². The number of carbonyl (C=O) groups is 1. The summed E-state index contributed by atoms with van der Waals surface area (Å²) < 4.78 is 6.90. The summed E-state index contributed by atoms with van der Waals surface area (Å²) in [6, 6.07) is 11.8. The van der Waals surface area contributed by atoms with Crippen LogP contribution in [0.1, 0.15) is 15.9 Å². The minimum absolute atomic E-state index is 0.130. The molecule has 0 bridgehead atoms. The first-order chi connectivity index (χ1) is 16.9. The smallest absolute Gasteiger partial charge is 0.349 e. The van der Waals surface area contributed by atoms with E-state index in [9.17, 15) is 14.4 Å². The number of benzene rings is 2. The zero-order valence-corrected chi connectivity index (χ0v) is 20.0. The summed E-state index contributed by atoms with van der Waals surface area (Å²) >= 11 is 12.8. The highest BCUT2D eigenvalue weighted by atomic mass is 35.5. The zero-order valence-electron chi connectivity index (χ0n) is 18.4. The molecule has 11 heteroatoms. The number of hydrogen-bond acceptors (Lipinski definition) is 7. The molecule has 0 radical (unpaired) electrons. The first-order valence-corrected chi connectivity index (χ1v) is 11.2. The molecule has 2 heterocycles. The van der Waals surface area contributed by atoms with Crippen LogP contribution in [-0.2, 0) is 6.42 Å². The van der Waals surface area contributed by atoms with Crippen LogP contribution < -0.4 is 20.9 Å². The lowest BCUT2D eigenvalue weighted by Gasteiger charge is -2.20. The van der Waals surface area contributed by atoms with E-state index in [4.69, 9.17) is 27.9 Å². The van der Waals surface area contributed by atoms with Crippen LogP contribution >= 0.6 is 23.2 Å². The normalized spacial score (nSPS) is 10.7. The van der Waals surface area contributed by atoms with E-state index in [-0.39, 0.29) is 21.5 Å². The van der Waals surface area contributed by atoms with Gasteiger partial charge in [0.05, 0.1) is 15.7 Å². The van der Waals surface area contributed by atoms with E-state index in [0.717, 1.165) is 28.4 Å². The van der Waals surface area contributed by atoms with Crippen molar-refractivity contribution in [2.24, 2.45) is 0 Å². The number of aldehydes is 1. The van der Waals surface area contributed by atoms with Gasteiger partial charge in [-0.25, -0.2) is 4.79 Å². The fourth-order valence-corrected chi connectivity index (χ4v) is 3.97. The lowest BCUT2D eigenvalue weighted by atomic mass is 10.0. The largest absolute Gasteiger partial charge is 0.454 e. The third-order valence-corrected chi connectivity index (χ3v) is 5.78. The summed E-state index contributed by atoms with van der Waals surface area (Å²) in [5.74, 6) is 0.612. The Bertz CT molecular complexity index is 1460. The lowest BCUT2D eigenvalue weighted by molar-refractivity contribution is 0.112. The van der Waals surface area contributed by atoms with Crippen molar-refractivity contribution in [3.8, 4) is 17.2 Å². The van der Waals surface area contributed by atoms with E-state index in [1.165, 1.54) is 12.1 Å². The number of hydrogen-bond donors (Lipinski definition) is 1. The van der Waals surface area contributed by atoms with Gasteiger partial charge in [-0.2, -0.15) is 9.78 Å². The molecule has 0 amide bonds. The maximum Gasteiger partial charge on any atom is 0.349 e. The number of likely N-dealkylation sites (N-methyl/N-ethyl adjacent to an activating group) is 1. The minimum Gasteiger partial charge on any atom is -0.454 e. The maximum absolute atomic E-state index is 12.0. The molecule has 2 aromatic heterocycles. The molecular weight excluding hydrogens is 493 g/mol. The fourth-order valence-electron chi connectivity index (χ4n) is 3.41. The summed E-state index contributed by atoms with van der Waals surface area (Å²) in [6.45, 7) is 0.658. The number of halogens is 2. The van der Waals surface area contributed by atoms with E-state index in [0.29, 0.717) is 24.3 Å². The highest BCUT2D eigenvalue weighted by Gasteiger charge is 2.15. The number of nitrogens with zero attached hydrogens (tertiary/aromatic N) is 4. The summed E-state index contributed by atoms with van der Waals surface area (Å²) in [5.41, 5.74) is 1.26. The molecule has 0 spiro atoms. The van der Waals surface area contributed by atoms with Gasteiger partial charge in [-0.3, -0.25) is 19.6 Å². The summed E-state index contributed by atoms with van der Waals surface area (Å²) in [5, 5.41) is 4.05. The molecule has 4 aromatic rings. The van der Waals surface area contributed by atoms with Gasteiger partial charge in [0.1, 0.15) is 18.2 Å². The van der Waals surface area contributed by atoms with Crippen LogP contribution in [0.3, 0.4) is 0 Å². The first kappa shape index (κ1) is 24.2. The van der Waals surface area contributed by atoms with E-state index < -0.39 is 11.2 Å². The summed E-state index contributed by atoms with van der Waals surface area (Å²) in [4.78, 5) is 43.1. The number of aromatic nitrogens is 4. The Hall–Kier alpha value is -3.95. The van der Waals surface area contributed by atoms with E-state index in [1.54, 1.807) is 30.6 Å². The van der Waals surface area contributed by atoms with E-state index >= 15 is 0 Å². The van der Waals surface area contributed by atoms with E-state index in [1.807, 2.05) is 19.2 Å². The molecule has 0 saturated heterocycles. The summed E-state index contributed by atoms with van der Waals surface area (Å²) in [7, 11) is 1.96. The molecule has 0 atom stereocenters. The standard InChI is InChI=1S/C24H19Cl2N5O4/c1-30(17-4-7-27-8-5-17)9-6-15-10-19(3-2-16(15)14-32)35-23-20(25)11-18(12-21(23)26)31-24(34)29-22(33)13-28-31/h2-5,7-8,10-14H,6,9H2,1H3,(H,29,33,34). The molecule has 0 unspecified atom stereocenters. The number of aromatic amines is 1. The second kappa shape index (κ2) is 10.5. The van der Waals surface area contributed by atoms with Crippen LogP contribution in [0.25, 0.3) is 5.69 Å². The van der Waals surface area contributed by atoms with Crippen molar-refractivity contribution >= 4 is 35.2 Å². The molecule has 178 valence electrons. The van der Waals surface area contributed by atoms with Crippen LogP contribution in [0, 0.1) is 0 Å². The monoisotopic (exact) mass is 511 g/mol. The third kappa shape index (κ3) is 5.59. The van der Waals surface area contributed by atoms with E-state index in [2.05, 4.69) is 20.0 Å². The number of H-pyrrole nitrogens is 1. The molecule has 0 saturated carbocycles. The Kier molecular flexibility index (Phi) is 7.28. The fraction of sp³-hybridized carbons (Fsp3) is 0.125.